The van der Waals surface area contributed by atoms with Crippen molar-refractivity contribution >= 4 is 23.3 Å². The summed E-state index contributed by atoms with van der Waals surface area (Å²) in [6.07, 6.45) is 2.09. The Bertz CT molecular complexity index is 598. The van der Waals surface area contributed by atoms with Gasteiger partial charge in [-0.15, -0.1) is 6.58 Å². The molecule has 0 atom stereocenters. The fourth-order valence-corrected chi connectivity index (χ4v) is 3.17. The number of anilines is 1. The molecule has 0 bridgehead atoms. The second-order valence-corrected chi connectivity index (χ2v) is 6.26. The molecule has 2 amide bonds. The molecule has 132 valence electrons. The van der Waals surface area contributed by atoms with E-state index in [0.717, 1.165) is 44.2 Å². The highest BCUT2D eigenvalue weighted by Gasteiger charge is 2.33. The quantitative estimate of drug-likeness (QED) is 0.685. The second kappa shape index (κ2) is 7.92. The van der Waals surface area contributed by atoms with Crippen LogP contribution in [0.1, 0.15) is 37.7 Å². The Kier molecular flexibility index (Phi) is 6.15. The molecule has 0 saturated heterocycles. The van der Waals surface area contributed by atoms with E-state index in [2.05, 4.69) is 11.9 Å². The largest absolute Gasteiger partial charge is 0.417 e. The van der Waals surface area contributed by atoms with Gasteiger partial charge in [-0.05, 0) is 31.0 Å². The highest BCUT2D eigenvalue weighted by atomic mass is 35.5. The molecule has 1 N–H and O–H groups in total. The summed E-state index contributed by atoms with van der Waals surface area (Å²) in [6.45, 7) is 4.01. The molecule has 1 aliphatic rings. The fourth-order valence-electron chi connectivity index (χ4n) is 2.95. The van der Waals surface area contributed by atoms with Crippen molar-refractivity contribution in [2.45, 2.75) is 44.3 Å². The van der Waals surface area contributed by atoms with E-state index in [1.54, 1.807) is 11.0 Å². The van der Waals surface area contributed by atoms with Crippen LogP contribution in [-0.4, -0.2) is 23.5 Å². The van der Waals surface area contributed by atoms with E-state index in [-0.39, 0.29) is 11.7 Å². The number of amides is 2. The average Bonchev–Trinajstić information content (AvgIpc) is 2.54. The lowest BCUT2D eigenvalue weighted by Crippen LogP contribution is -2.43. The molecule has 2 rings (SSSR count). The van der Waals surface area contributed by atoms with E-state index in [4.69, 9.17) is 11.6 Å². The zero-order valence-electron chi connectivity index (χ0n) is 13.2. The second-order valence-electron chi connectivity index (χ2n) is 5.86. The predicted molar refractivity (Wildman–Crippen MR) is 89.2 cm³/mol. The summed E-state index contributed by atoms with van der Waals surface area (Å²) in [7, 11) is 0. The van der Waals surface area contributed by atoms with Crippen LogP contribution < -0.4 is 5.32 Å². The smallest absolute Gasteiger partial charge is 0.318 e. The number of rotatable bonds is 4. The lowest BCUT2D eigenvalue weighted by Gasteiger charge is -2.33. The van der Waals surface area contributed by atoms with Crippen LogP contribution in [0.4, 0.5) is 23.7 Å². The van der Waals surface area contributed by atoms with Gasteiger partial charge in [0.05, 0.1) is 10.6 Å². The summed E-state index contributed by atoms with van der Waals surface area (Å²) in [5.41, 5.74) is -0.892. The van der Waals surface area contributed by atoms with Gasteiger partial charge in [-0.3, -0.25) is 0 Å². The summed E-state index contributed by atoms with van der Waals surface area (Å²) in [6, 6.07) is 3.03. The highest BCUT2D eigenvalue weighted by molar-refractivity contribution is 6.31. The number of alkyl halides is 3. The van der Waals surface area contributed by atoms with Gasteiger partial charge in [0.25, 0.3) is 0 Å². The van der Waals surface area contributed by atoms with Crippen molar-refractivity contribution in [2.75, 3.05) is 11.9 Å². The summed E-state index contributed by atoms with van der Waals surface area (Å²) in [5, 5.41) is 2.15. The van der Waals surface area contributed by atoms with Crippen molar-refractivity contribution in [1.29, 1.82) is 0 Å². The monoisotopic (exact) mass is 360 g/mol. The lowest BCUT2D eigenvalue weighted by atomic mass is 9.94. The third-order valence-corrected chi connectivity index (χ3v) is 4.45. The summed E-state index contributed by atoms with van der Waals surface area (Å²) >= 11 is 5.60. The van der Waals surface area contributed by atoms with E-state index in [0.29, 0.717) is 6.54 Å². The molecular formula is C17H20ClF3N2O. The van der Waals surface area contributed by atoms with Crippen molar-refractivity contribution < 1.29 is 18.0 Å². The Hall–Kier alpha value is -1.69. The first-order valence-corrected chi connectivity index (χ1v) is 8.26. The molecule has 0 aliphatic heterocycles. The number of carbonyl (C=O) groups is 1. The van der Waals surface area contributed by atoms with Crippen molar-refractivity contribution in [3.05, 3.63) is 41.4 Å². The van der Waals surface area contributed by atoms with Crippen LogP contribution in [0.5, 0.6) is 0 Å². The number of hydrogen-bond acceptors (Lipinski definition) is 1. The van der Waals surface area contributed by atoms with Crippen molar-refractivity contribution in [3.63, 3.8) is 0 Å². The Morgan fingerprint density at radius 3 is 2.58 bits per heavy atom. The number of nitrogens with zero attached hydrogens (tertiary/aromatic N) is 1. The third kappa shape index (κ3) is 4.66. The maximum Gasteiger partial charge on any atom is 0.417 e. The van der Waals surface area contributed by atoms with Gasteiger partial charge in [-0.1, -0.05) is 36.9 Å². The number of nitrogens with one attached hydrogen (secondary N) is 1. The topological polar surface area (TPSA) is 32.3 Å². The number of hydrogen-bond donors (Lipinski definition) is 1. The maximum absolute atomic E-state index is 12.9. The van der Waals surface area contributed by atoms with Gasteiger partial charge in [0.2, 0.25) is 0 Å². The van der Waals surface area contributed by atoms with Crippen LogP contribution in [0.2, 0.25) is 5.02 Å². The molecular weight excluding hydrogens is 341 g/mol. The van der Waals surface area contributed by atoms with Crippen LogP contribution in [0.3, 0.4) is 0 Å². The zero-order valence-corrected chi connectivity index (χ0v) is 14.0. The van der Waals surface area contributed by atoms with E-state index < -0.39 is 22.8 Å². The fraction of sp³-hybridized carbons (Fsp3) is 0.471. The van der Waals surface area contributed by atoms with Crippen LogP contribution >= 0.6 is 11.6 Å². The first-order valence-electron chi connectivity index (χ1n) is 7.88. The van der Waals surface area contributed by atoms with Gasteiger partial charge < -0.3 is 10.2 Å². The summed E-state index contributed by atoms with van der Waals surface area (Å²) in [4.78, 5) is 14.1. The molecule has 1 saturated carbocycles. The predicted octanol–water partition coefficient (Wildman–Crippen LogP) is 5.71. The summed E-state index contributed by atoms with van der Waals surface area (Å²) in [5.74, 6) is 0. The number of benzene rings is 1. The minimum Gasteiger partial charge on any atom is -0.318 e. The molecule has 24 heavy (non-hydrogen) atoms. The Balaban J connectivity index is 2.15. The standard InChI is InChI=1S/C17H20ClF3N2O/c1-2-10-23(13-6-4-3-5-7-13)16(24)22-12-8-9-15(18)14(11-12)17(19,20)21/h2,8-9,11,13H,1,3-7,10H2,(H,22,24). The first kappa shape index (κ1) is 18.6. The molecule has 0 radical (unpaired) electrons. The van der Waals surface area contributed by atoms with Gasteiger partial charge in [-0.2, -0.15) is 13.2 Å². The molecule has 1 aliphatic carbocycles. The van der Waals surface area contributed by atoms with Gasteiger partial charge in [0.1, 0.15) is 0 Å². The Labute approximate surface area is 144 Å². The summed E-state index contributed by atoms with van der Waals surface area (Å²) < 4.78 is 38.7. The minimum atomic E-state index is -4.57. The number of carbonyl (C=O) groups excluding carboxylic acids is 1. The molecule has 7 heteroatoms. The van der Waals surface area contributed by atoms with Crippen molar-refractivity contribution in [3.8, 4) is 0 Å². The first-order chi connectivity index (χ1) is 11.3. The van der Waals surface area contributed by atoms with E-state index in [9.17, 15) is 18.0 Å². The number of halogens is 4. The lowest BCUT2D eigenvalue weighted by molar-refractivity contribution is -0.137. The average molecular weight is 361 g/mol. The van der Waals surface area contributed by atoms with Crippen LogP contribution in [-0.2, 0) is 6.18 Å². The highest BCUT2D eigenvalue weighted by Crippen LogP contribution is 2.36. The molecule has 3 nitrogen and oxygen atoms in total. The van der Waals surface area contributed by atoms with E-state index >= 15 is 0 Å². The minimum absolute atomic E-state index is 0.0709. The van der Waals surface area contributed by atoms with Crippen molar-refractivity contribution in [2.24, 2.45) is 0 Å². The van der Waals surface area contributed by atoms with Gasteiger partial charge >= 0.3 is 12.2 Å². The molecule has 1 aromatic carbocycles. The Morgan fingerprint density at radius 2 is 2.00 bits per heavy atom. The van der Waals surface area contributed by atoms with Gasteiger partial charge in [0, 0.05) is 18.3 Å². The zero-order chi connectivity index (χ0) is 17.7. The molecule has 0 spiro atoms. The van der Waals surface area contributed by atoms with Crippen molar-refractivity contribution in [1.82, 2.24) is 4.90 Å². The molecule has 1 fully saturated rings. The van der Waals surface area contributed by atoms with Gasteiger partial charge in [-0.25, -0.2) is 4.79 Å². The third-order valence-electron chi connectivity index (χ3n) is 4.13. The normalized spacial score (nSPS) is 15.8. The molecule has 0 aromatic heterocycles. The molecule has 0 heterocycles. The molecule has 1 aromatic rings. The van der Waals surface area contributed by atoms with E-state index in [1.807, 2.05) is 0 Å². The SMILES string of the molecule is C=CCN(C(=O)Nc1ccc(Cl)c(C(F)(F)F)c1)C1CCCCC1. The van der Waals surface area contributed by atoms with E-state index in [1.165, 1.54) is 6.07 Å². The van der Waals surface area contributed by atoms with Gasteiger partial charge in [0.15, 0.2) is 0 Å². The maximum atomic E-state index is 12.9. The van der Waals surface area contributed by atoms with Crippen LogP contribution in [0.15, 0.2) is 30.9 Å². The molecule has 0 unspecified atom stereocenters. The Morgan fingerprint density at radius 1 is 1.33 bits per heavy atom. The number of urea groups is 1. The van der Waals surface area contributed by atoms with Crippen LogP contribution in [0.25, 0.3) is 0 Å². The van der Waals surface area contributed by atoms with Crippen LogP contribution in [0, 0.1) is 0 Å².